The van der Waals surface area contributed by atoms with Crippen molar-refractivity contribution in [3.8, 4) is 5.75 Å². The number of hydrogen-bond acceptors (Lipinski definition) is 3. The zero-order valence-electron chi connectivity index (χ0n) is 11.9. The monoisotopic (exact) mass is 274 g/mol. The molecule has 3 nitrogen and oxygen atoms in total. The minimum atomic E-state index is -0.321. The van der Waals surface area contributed by atoms with Gasteiger partial charge in [0.25, 0.3) is 0 Å². The Labute approximate surface area is 118 Å². The first-order valence-corrected chi connectivity index (χ1v) is 6.62. The number of rotatable bonds is 5. The highest BCUT2D eigenvalue weighted by atomic mass is 19.1. The van der Waals surface area contributed by atoms with Crippen LogP contribution in [0.4, 0.5) is 4.39 Å². The molecule has 0 bridgehead atoms. The zero-order valence-corrected chi connectivity index (χ0v) is 11.9. The van der Waals surface area contributed by atoms with Crippen molar-refractivity contribution < 1.29 is 9.13 Å². The van der Waals surface area contributed by atoms with Crippen molar-refractivity contribution in [1.82, 2.24) is 10.3 Å². The molecule has 106 valence electrons. The van der Waals surface area contributed by atoms with Crippen molar-refractivity contribution in [2.24, 2.45) is 0 Å². The van der Waals surface area contributed by atoms with Gasteiger partial charge in [0, 0.05) is 17.6 Å². The molecule has 0 saturated carbocycles. The summed E-state index contributed by atoms with van der Waals surface area (Å²) in [6.45, 7) is 4.07. The molecule has 1 N–H and O–H groups in total. The molecule has 1 unspecified atom stereocenters. The van der Waals surface area contributed by atoms with E-state index in [2.05, 4.69) is 17.2 Å². The number of para-hydroxylation sites is 1. The van der Waals surface area contributed by atoms with Crippen molar-refractivity contribution in [3.63, 3.8) is 0 Å². The van der Waals surface area contributed by atoms with E-state index in [4.69, 9.17) is 4.74 Å². The van der Waals surface area contributed by atoms with Crippen LogP contribution in [0.5, 0.6) is 5.75 Å². The Morgan fingerprint density at radius 2 is 1.85 bits per heavy atom. The van der Waals surface area contributed by atoms with Gasteiger partial charge in [-0.1, -0.05) is 18.2 Å². The van der Waals surface area contributed by atoms with Crippen LogP contribution < -0.4 is 10.1 Å². The fourth-order valence-electron chi connectivity index (χ4n) is 2.22. The maximum atomic E-state index is 12.9. The standard InChI is InChI=1S/C16H19FN2O/c1-11(14-6-4-5-7-16(14)20-3)19-12(2)15-9-8-13(17)10-18-15/h4-12,19H,1-3H3/t11-,12?/m0/s1. The topological polar surface area (TPSA) is 34.1 Å². The summed E-state index contributed by atoms with van der Waals surface area (Å²) in [5.41, 5.74) is 1.90. The Morgan fingerprint density at radius 1 is 1.10 bits per heavy atom. The second kappa shape index (κ2) is 6.48. The average Bonchev–Trinajstić information content (AvgIpc) is 2.47. The van der Waals surface area contributed by atoms with E-state index >= 15 is 0 Å². The van der Waals surface area contributed by atoms with Gasteiger partial charge in [-0.2, -0.15) is 0 Å². The molecule has 0 aliphatic rings. The van der Waals surface area contributed by atoms with Gasteiger partial charge in [-0.05, 0) is 32.0 Å². The largest absolute Gasteiger partial charge is 0.496 e. The summed E-state index contributed by atoms with van der Waals surface area (Å²) < 4.78 is 18.2. The number of halogens is 1. The lowest BCUT2D eigenvalue weighted by atomic mass is 10.1. The first kappa shape index (κ1) is 14.5. The second-order valence-corrected chi connectivity index (χ2v) is 4.75. The highest BCUT2D eigenvalue weighted by molar-refractivity contribution is 5.35. The average molecular weight is 274 g/mol. The number of hydrogen-bond donors (Lipinski definition) is 1. The summed E-state index contributed by atoms with van der Waals surface area (Å²) in [5, 5.41) is 3.44. The highest BCUT2D eigenvalue weighted by Gasteiger charge is 2.15. The van der Waals surface area contributed by atoms with Crippen LogP contribution in [0.25, 0.3) is 0 Å². The number of aromatic nitrogens is 1. The lowest BCUT2D eigenvalue weighted by Crippen LogP contribution is -2.23. The Bertz CT molecular complexity index is 557. The lowest BCUT2D eigenvalue weighted by molar-refractivity contribution is 0.396. The van der Waals surface area contributed by atoms with Gasteiger partial charge in [0.2, 0.25) is 0 Å². The number of benzene rings is 1. The maximum absolute atomic E-state index is 12.9. The van der Waals surface area contributed by atoms with E-state index in [0.29, 0.717) is 0 Å². The summed E-state index contributed by atoms with van der Waals surface area (Å²) in [6.07, 6.45) is 1.24. The molecule has 0 saturated heterocycles. The molecule has 20 heavy (non-hydrogen) atoms. The molecule has 2 rings (SSSR count). The first-order chi connectivity index (χ1) is 9.61. The van der Waals surface area contributed by atoms with Crippen LogP contribution in [0.15, 0.2) is 42.6 Å². The fraction of sp³-hybridized carbons (Fsp3) is 0.312. The fourth-order valence-corrected chi connectivity index (χ4v) is 2.22. The van der Waals surface area contributed by atoms with Crippen LogP contribution in [-0.2, 0) is 0 Å². The predicted molar refractivity (Wildman–Crippen MR) is 77.2 cm³/mol. The summed E-state index contributed by atoms with van der Waals surface area (Å²) in [5.74, 6) is 0.533. The second-order valence-electron chi connectivity index (χ2n) is 4.75. The Kier molecular flexibility index (Phi) is 4.69. The summed E-state index contributed by atoms with van der Waals surface area (Å²) in [6, 6.07) is 11.1. The highest BCUT2D eigenvalue weighted by Crippen LogP contribution is 2.26. The van der Waals surface area contributed by atoms with E-state index in [1.165, 1.54) is 12.3 Å². The van der Waals surface area contributed by atoms with E-state index in [9.17, 15) is 4.39 Å². The molecule has 1 heterocycles. The SMILES string of the molecule is COc1ccccc1[C@H](C)NC(C)c1ccc(F)cn1. The van der Waals surface area contributed by atoms with Gasteiger partial charge in [-0.15, -0.1) is 0 Å². The van der Waals surface area contributed by atoms with E-state index in [-0.39, 0.29) is 17.9 Å². The van der Waals surface area contributed by atoms with Crippen molar-refractivity contribution >= 4 is 0 Å². The van der Waals surface area contributed by atoms with Crippen LogP contribution in [0, 0.1) is 5.82 Å². The van der Waals surface area contributed by atoms with Gasteiger partial charge in [0.15, 0.2) is 0 Å². The van der Waals surface area contributed by atoms with Crippen molar-refractivity contribution in [2.75, 3.05) is 7.11 Å². The van der Waals surface area contributed by atoms with Gasteiger partial charge >= 0.3 is 0 Å². The van der Waals surface area contributed by atoms with E-state index in [1.54, 1.807) is 13.2 Å². The van der Waals surface area contributed by atoms with Crippen molar-refractivity contribution in [1.29, 1.82) is 0 Å². The molecule has 1 aromatic heterocycles. The Balaban J connectivity index is 2.10. The van der Waals surface area contributed by atoms with Crippen molar-refractivity contribution in [3.05, 3.63) is 59.7 Å². The third-order valence-electron chi connectivity index (χ3n) is 3.30. The van der Waals surface area contributed by atoms with Gasteiger partial charge in [-0.25, -0.2) is 4.39 Å². The van der Waals surface area contributed by atoms with E-state index < -0.39 is 0 Å². The summed E-state index contributed by atoms with van der Waals surface area (Å²) >= 11 is 0. The summed E-state index contributed by atoms with van der Waals surface area (Å²) in [4.78, 5) is 4.10. The minimum Gasteiger partial charge on any atom is -0.496 e. The minimum absolute atomic E-state index is 0.0236. The zero-order chi connectivity index (χ0) is 14.5. The smallest absolute Gasteiger partial charge is 0.141 e. The Morgan fingerprint density at radius 3 is 2.50 bits per heavy atom. The number of pyridine rings is 1. The van der Waals surface area contributed by atoms with Crippen LogP contribution >= 0.6 is 0 Å². The number of nitrogens with zero attached hydrogens (tertiary/aromatic N) is 1. The van der Waals surface area contributed by atoms with Gasteiger partial charge < -0.3 is 10.1 Å². The van der Waals surface area contributed by atoms with Crippen LogP contribution in [0.2, 0.25) is 0 Å². The number of ether oxygens (including phenoxy) is 1. The molecule has 4 heteroatoms. The third-order valence-corrected chi connectivity index (χ3v) is 3.30. The molecular formula is C16H19FN2O. The van der Waals surface area contributed by atoms with Crippen molar-refractivity contribution in [2.45, 2.75) is 25.9 Å². The van der Waals surface area contributed by atoms with Gasteiger partial charge in [0.1, 0.15) is 11.6 Å². The first-order valence-electron chi connectivity index (χ1n) is 6.62. The summed E-state index contributed by atoms with van der Waals surface area (Å²) in [7, 11) is 1.66. The third kappa shape index (κ3) is 3.33. The molecule has 2 aromatic rings. The van der Waals surface area contributed by atoms with Crippen LogP contribution in [-0.4, -0.2) is 12.1 Å². The van der Waals surface area contributed by atoms with E-state index in [0.717, 1.165) is 17.0 Å². The molecule has 0 radical (unpaired) electrons. The molecule has 0 spiro atoms. The normalized spacial score (nSPS) is 13.8. The number of methoxy groups -OCH3 is 1. The molecule has 1 aromatic carbocycles. The lowest BCUT2D eigenvalue weighted by Gasteiger charge is -2.21. The quantitative estimate of drug-likeness (QED) is 0.903. The maximum Gasteiger partial charge on any atom is 0.141 e. The van der Waals surface area contributed by atoms with Crippen LogP contribution in [0.3, 0.4) is 0 Å². The molecule has 0 aliphatic heterocycles. The molecular weight excluding hydrogens is 255 g/mol. The Hall–Kier alpha value is -1.94. The molecule has 0 aliphatic carbocycles. The van der Waals surface area contributed by atoms with Crippen LogP contribution in [0.1, 0.15) is 37.2 Å². The molecule has 2 atom stereocenters. The molecule has 0 fully saturated rings. The molecule has 0 amide bonds. The van der Waals surface area contributed by atoms with Gasteiger partial charge in [0.05, 0.1) is 19.0 Å². The predicted octanol–water partition coefficient (Wildman–Crippen LogP) is 3.64. The van der Waals surface area contributed by atoms with Gasteiger partial charge in [-0.3, -0.25) is 4.98 Å². The number of nitrogens with one attached hydrogen (secondary N) is 1. The van der Waals surface area contributed by atoms with E-state index in [1.807, 2.05) is 31.2 Å².